The van der Waals surface area contributed by atoms with E-state index in [0.717, 1.165) is 29.9 Å². The highest BCUT2D eigenvalue weighted by Gasteiger charge is 2.21. The Kier molecular flexibility index (Phi) is 5.79. The lowest BCUT2D eigenvalue weighted by molar-refractivity contribution is -0.122. The summed E-state index contributed by atoms with van der Waals surface area (Å²) in [7, 11) is 1.58. The Hall–Kier alpha value is -2.24. The van der Waals surface area contributed by atoms with Crippen LogP contribution in [0.5, 0.6) is 5.75 Å². The van der Waals surface area contributed by atoms with E-state index in [1.165, 1.54) is 0 Å². The number of carbonyl (C=O) groups is 1. The summed E-state index contributed by atoms with van der Waals surface area (Å²) in [5, 5.41) is 6.79. The molecule has 1 heterocycles. The van der Waals surface area contributed by atoms with E-state index in [2.05, 4.69) is 10.6 Å². The fourth-order valence-electron chi connectivity index (χ4n) is 2.75. The van der Waals surface area contributed by atoms with E-state index in [9.17, 15) is 4.79 Å². The minimum atomic E-state index is 0.0352. The molecule has 0 spiro atoms. The van der Waals surface area contributed by atoms with Gasteiger partial charge in [-0.05, 0) is 55.3 Å². The second kappa shape index (κ2) is 8.23. The van der Waals surface area contributed by atoms with Crippen molar-refractivity contribution in [2.75, 3.05) is 31.0 Å². The molecule has 0 aromatic heterocycles. The first-order chi connectivity index (χ1) is 12.2. The van der Waals surface area contributed by atoms with Crippen molar-refractivity contribution >= 4 is 34.6 Å². The topological polar surface area (TPSA) is 59.6 Å². The number of amides is 1. The molecule has 3 rings (SSSR count). The number of hydrogen-bond donors (Lipinski definition) is 2. The van der Waals surface area contributed by atoms with Crippen LogP contribution in [0.15, 0.2) is 42.5 Å². The maximum absolute atomic E-state index is 12.2. The fourth-order valence-corrected chi connectivity index (χ4v) is 3.01. The third-order valence-electron chi connectivity index (χ3n) is 4.18. The summed E-state index contributed by atoms with van der Waals surface area (Å²) in [6.45, 7) is 1.32. The Morgan fingerprint density at radius 3 is 2.36 bits per heavy atom. The lowest BCUT2D eigenvalue weighted by Crippen LogP contribution is -2.28. The average Bonchev–Trinajstić information content (AvgIpc) is 2.64. The SMILES string of the molecule is COc1ccc(Nc2ccc(NC(=O)C3CCOCC3)cc2)cc1Cl. The van der Waals surface area contributed by atoms with Gasteiger partial charge in [-0.3, -0.25) is 4.79 Å². The predicted molar refractivity (Wildman–Crippen MR) is 99.9 cm³/mol. The molecule has 2 aromatic rings. The van der Waals surface area contributed by atoms with Crippen LogP contribution in [0.3, 0.4) is 0 Å². The Morgan fingerprint density at radius 1 is 1.08 bits per heavy atom. The summed E-state index contributed by atoms with van der Waals surface area (Å²) in [5.41, 5.74) is 2.56. The first-order valence-electron chi connectivity index (χ1n) is 8.25. The van der Waals surface area contributed by atoms with E-state index in [-0.39, 0.29) is 11.8 Å². The van der Waals surface area contributed by atoms with Crippen molar-refractivity contribution in [1.82, 2.24) is 0 Å². The van der Waals surface area contributed by atoms with Crippen LogP contribution in [0.25, 0.3) is 0 Å². The van der Waals surface area contributed by atoms with Gasteiger partial charge in [-0.2, -0.15) is 0 Å². The summed E-state index contributed by atoms with van der Waals surface area (Å²) in [6, 6.07) is 13.1. The number of benzene rings is 2. The molecule has 132 valence electrons. The molecule has 1 aliphatic rings. The lowest BCUT2D eigenvalue weighted by Gasteiger charge is -2.21. The largest absolute Gasteiger partial charge is 0.495 e. The Labute approximate surface area is 152 Å². The number of ether oxygens (including phenoxy) is 2. The van der Waals surface area contributed by atoms with Crippen molar-refractivity contribution in [3.05, 3.63) is 47.5 Å². The van der Waals surface area contributed by atoms with Crippen LogP contribution in [-0.4, -0.2) is 26.2 Å². The molecule has 0 radical (unpaired) electrons. The highest BCUT2D eigenvalue weighted by molar-refractivity contribution is 6.32. The van der Waals surface area contributed by atoms with Gasteiger partial charge in [-0.25, -0.2) is 0 Å². The maximum Gasteiger partial charge on any atom is 0.227 e. The van der Waals surface area contributed by atoms with Crippen molar-refractivity contribution < 1.29 is 14.3 Å². The molecular weight excluding hydrogens is 340 g/mol. The maximum atomic E-state index is 12.2. The summed E-state index contributed by atoms with van der Waals surface area (Å²) < 4.78 is 10.4. The number of anilines is 3. The molecule has 0 unspecified atom stereocenters. The molecule has 1 fully saturated rings. The Morgan fingerprint density at radius 2 is 1.72 bits per heavy atom. The number of methoxy groups -OCH3 is 1. The van der Waals surface area contributed by atoms with Crippen LogP contribution in [0, 0.1) is 5.92 Å². The zero-order valence-electron chi connectivity index (χ0n) is 14.0. The van der Waals surface area contributed by atoms with Crippen molar-refractivity contribution in [1.29, 1.82) is 0 Å². The summed E-state index contributed by atoms with van der Waals surface area (Å²) in [5.74, 6) is 0.734. The molecule has 1 aliphatic heterocycles. The molecule has 25 heavy (non-hydrogen) atoms. The van der Waals surface area contributed by atoms with E-state index in [4.69, 9.17) is 21.1 Å². The monoisotopic (exact) mass is 360 g/mol. The first-order valence-corrected chi connectivity index (χ1v) is 8.63. The molecule has 6 heteroatoms. The molecule has 0 aliphatic carbocycles. The summed E-state index contributed by atoms with van der Waals surface area (Å²) >= 11 is 6.13. The van der Waals surface area contributed by atoms with Gasteiger partial charge in [0.25, 0.3) is 0 Å². The highest BCUT2D eigenvalue weighted by Crippen LogP contribution is 2.29. The normalized spacial score (nSPS) is 14.8. The van der Waals surface area contributed by atoms with Crippen LogP contribution in [-0.2, 0) is 9.53 Å². The van der Waals surface area contributed by atoms with E-state index in [1.54, 1.807) is 13.2 Å². The van der Waals surface area contributed by atoms with Crippen LogP contribution in [0.4, 0.5) is 17.1 Å². The molecule has 5 nitrogen and oxygen atoms in total. The van der Waals surface area contributed by atoms with Gasteiger partial charge in [0.15, 0.2) is 0 Å². The molecule has 0 atom stereocenters. The van der Waals surface area contributed by atoms with Crippen LogP contribution in [0.2, 0.25) is 5.02 Å². The number of rotatable bonds is 5. The van der Waals surface area contributed by atoms with Gasteiger partial charge < -0.3 is 20.1 Å². The quantitative estimate of drug-likeness (QED) is 0.826. The minimum absolute atomic E-state index is 0.0352. The second-order valence-electron chi connectivity index (χ2n) is 5.93. The number of hydrogen-bond acceptors (Lipinski definition) is 4. The number of nitrogens with one attached hydrogen (secondary N) is 2. The van der Waals surface area contributed by atoms with Crippen molar-refractivity contribution in [2.45, 2.75) is 12.8 Å². The summed E-state index contributed by atoms with van der Waals surface area (Å²) in [4.78, 5) is 12.2. The zero-order chi connectivity index (χ0) is 17.6. The van der Waals surface area contributed by atoms with Gasteiger partial charge in [0.2, 0.25) is 5.91 Å². The van der Waals surface area contributed by atoms with E-state index >= 15 is 0 Å². The van der Waals surface area contributed by atoms with Crippen LogP contribution >= 0.6 is 11.6 Å². The molecule has 0 bridgehead atoms. The van der Waals surface area contributed by atoms with Gasteiger partial charge in [0, 0.05) is 36.2 Å². The number of carbonyl (C=O) groups excluding carboxylic acids is 1. The molecule has 0 saturated carbocycles. The third-order valence-corrected chi connectivity index (χ3v) is 4.48. The van der Waals surface area contributed by atoms with Crippen molar-refractivity contribution in [3.63, 3.8) is 0 Å². The van der Waals surface area contributed by atoms with E-state index in [1.807, 2.05) is 36.4 Å². The minimum Gasteiger partial charge on any atom is -0.495 e. The smallest absolute Gasteiger partial charge is 0.227 e. The first kappa shape index (κ1) is 17.6. The lowest BCUT2D eigenvalue weighted by atomic mass is 9.99. The standard InChI is InChI=1S/C19H21ClN2O3/c1-24-18-7-6-16(12-17(18)20)21-14-2-4-15(5-3-14)22-19(23)13-8-10-25-11-9-13/h2-7,12-13,21H,8-11H2,1H3,(H,22,23). The third kappa shape index (κ3) is 4.65. The average molecular weight is 361 g/mol. The Bertz CT molecular complexity index is 728. The number of halogens is 1. The van der Waals surface area contributed by atoms with E-state index in [0.29, 0.717) is 24.0 Å². The van der Waals surface area contributed by atoms with Crippen LogP contribution < -0.4 is 15.4 Å². The van der Waals surface area contributed by atoms with Crippen molar-refractivity contribution in [2.24, 2.45) is 5.92 Å². The second-order valence-corrected chi connectivity index (χ2v) is 6.33. The van der Waals surface area contributed by atoms with Crippen molar-refractivity contribution in [3.8, 4) is 5.75 Å². The molecule has 2 aromatic carbocycles. The summed E-state index contributed by atoms with van der Waals surface area (Å²) in [6.07, 6.45) is 1.56. The van der Waals surface area contributed by atoms with Gasteiger partial charge in [0.05, 0.1) is 12.1 Å². The van der Waals surface area contributed by atoms with Gasteiger partial charge in [-0.15, -0.1) is 0 Å². The van der Waals surface area contributed by atoms with Gasteiger partial charge in [0.1, 0.15) is 5.75 Å². The fraction of sp³-hybridized carbons (Fsp3) is 0.316. The molecule has 1 amide bonds. The molecular formula is C19H21ClN2O3. The van der Waals surface area contributed by atoms with Crippen LogP contribution in [0.1, 0.15) is 12.8 Å². The van der Waals surface area contributed by atoms with Gasteiger partial charge in [-0.1, -0.05) is 11.6 Å². The predicted octanol–water partition coefficient (Wildman–Crippen LogP) is 4.46. The Balaban J connectivity index is 1.60. The van der Waals surface area contributed by atoms with E-state index < -0.39 is 0 Å². The van der Waals surface area contributed by atoms with Gasteiger partial charge >= 0.3 is 0 Å². The molecule has 2 N–H and O–H groups in total. The highest BCUT2D eigenvalue weighted by atomic mass is 35.5. The zero-order valence-corrected chi connectivity index (χ0v) is 14.8. The molecule has 1 saturated heterocycles.